The number of hydrogen-bond acceptors (Lipinski definition) is 2. The van der Waals surface area contributed by atoms with Crippen LogP contribution in [0, 0.1) is 5.82 Å². The lowest BCUT2D eigenvalue weighted by atomic mass is 9.96. The van der Waals surface area contributed by atoms with Gasteiger partial charge in [-0.1, -0.05) is 18.2 Å². The first-order valence-electron chi connectivity index (χ1n) is 8.70. The van der Waals surface area contributed by atoms with Crippen LogP contribution in [0.25, 0.3) is 0 Å². The second kappa shape index (κ2) is 6.96. The van der Waals surface area contributed by atoms with Crippen molar-refractivity contribution in [2.24, 2.45) is 0 Å². The predicted octanol–water partition coefficient (Wildman–Crippen LogP) is 3.73. The minimum atomic E-state index is -0.722. The summed E-state index contributed by atoms with van der Waals surface area (Å²) in [6, 6.07) is 12.4. The fourth-order valence-electron chi connectivity index (χ4n) is 3.19. The monoisotopic (exact) mass is 341 g/mol. The summed E-state index contributed by atoms with van der Waals surface area (Å²) < 4.78 is 13.5. The summed E-state index contributed by atoms with van der Waals surface area (Å²) in [5.74, 6) is -0.290. The Morgan fingerprint density at radius 1 is 1.20 bits per heavy atom. The highest BCUT2D eigenvalue weighted by Crippen LogP contribution is 2.22. The van der Waals surface area contributed by atoms with Gasteiger partial charge in [0.15, 0.2) is 0 Å². The van der Waals surface area contributed by atoms with Gasteiger partial charge in [-0.2, -0.15) is 0 Å². The summed E-state index contributed by atoms with van der Waals surface area (Å²) in [6.45, 7) is 4.66. The highest BCUT2D eigenvalue weighted by Gasteiger charge is 2.22. The molecular formula is C21H24FNO2. The lowest BCUT2D eigenvalue weighted by Gasteiger charge is -2.29. The third-order valence-corrected chi connectivity index (χ3v) is 4.67. The molecule has 0 aliphatic carbocycles. The Balaban J connectivity index is 1.73. The number of aryl methyl sites for hydroxylation is 1. The summed E-state index contributed by atoms with van der Waals surface area (Å²) in [7, 11) is 0. The number of benzene rings is 2. The molecule has 3 nitrogen and oxygen atoms in total. The SMILES string of the molecule is CC(C)(O)CCc1cccc(C(=O)N2CCc3ccc(F)cc3C2)c1. The van der Waals surface area contributed by atoms with Crippen LogP contribution in [-0.4, -0.2) is 28.1 Å². The van der Waals surface area contributed by atoms with Crippen molar-refractivity contribution in [3.63, 3.8) is 0 Å². The van der Waals surface area contributed by atoms with E-state index in [9.17, 15) is 14.3 Å². The summed E-state index contributed by atoms with van der Waals surface area (Å²) in [5, 5.41) is 9.87. The number of rotatable bonds is 4. The Bertz CT molecular complexity index is 780. The van der Waals surface area contributed by atoms with Gasteiger partial charge in [0, 0.05) is 18.7 Å². The van der Waals surface area contributed by atoms with E-state index in [1.54, 1.807) is 18.7 Å². The Morgan fingerprint density at radius 2 is 2.00 bits per heavy atom. The van der Waals surface area contributed by atoms with E-state index < -0.39 is 5.60 Å². The highest BCUT2D eigenvalue weighted by atomic mass is 19.1. The maximum Gasteiger partial charge on any atom is 0.254 e. The third kappa shape index (κ3) is 4.45. The van der Waals surface area contributed by atoms with Crippen molar-refractivity contribution in [3.05, 3.63) is 70.5 Å². The van der Waals surface area contributed by atoms with Gasteiger partial charge in [-0.25, -0.2) is 4.39 Å². The fraction of sp³-hybridized carbons (Fsp3) is 0.381. The number of fused-ring (bicyclic) bond motifs is 1. The first-order chi connectivity index (χ1) is 11.8. The molecule has 0 atom stereocenters. The number of carbonyl (C=O) groups excluding carboxylic acids is 1. The summed E-state index contributed by atoms with van der Waals surface area (Å²) in [4.78, 5) is 14.6. The van der Waals surface area contributed by atoms with Crippen LogP contribution in [0.3, 0.4) is 0 Å². The topological polar surface area (TPSA) is 40.5 Å². The van der Waals surface area contributed by atoms with Crippen LogP contribution in [0.1, 0.15) is 47.3 Å². The minimum absolute atomic E-state index is 0.0278. The average molecular weight is 341 g/mol. The normalized spacial score (nSPS) is 14.3. The van der Waals surface area contributed by atoms with Crippen LogP contribution in [-0.2, 0) is 19.4 Å². The highest BCUT2D eigenvalue weighted by molar-refractivity contribution is 5.94. The second-order valence-corrected chi connectivity index (χ2v) is 7.40. The molecule has 0 radical (unpaired) electrons. The standard InChI is InChI=1S/C21H24FNO2/c1-21(2,25)10-8-15-4-3-5-17(12-15)20(24)23-11-9-16-6-7-19(22)13-18(16)14-23/h3-7,12-13,25H,8-11,14H2,1-2H3. The molecule has 0 saturated carbocycles. The van der Waals surface area contributed by atoms with E-state index in [-0.39, 0.29) is 11.7 Å². The van der Waals surface area contributed by atoms with Crippen molar-refractivity contribution in [1.82, 2.24) is 4.90 Å². The lowest BCUT2D eigenvalue weighted by molar-refractivity contribution is 0.0714. The van der Waals surface area contributed by atoms with Crippen LogP contribution >= 0.6 is 0 Å². The Hall–Kier alpha value is -2.20. The summed E-state index contributed by atoms with van der Waals surface area (Å²) in [6.07, 6.45) is 2.11. The lowest BCUT2D eigenvalue weighted by Crippen LogP contribution is -2.36. The van der Waals surface area contributed by atoms with Gasteiger partial charge in [0.05, 0.1) is 5.60 Å². The van der Waals surface area contributed by atoms with Crippen molar-refractivity contribution in [1.29, 1.82) is 0 Å². The smallest absolute Gasteiger partial charge is 0.254 e. The van der Waals surface area contributed by atoms with Crippen LogP contribution in [0.2, 0.25) is 0 Å². The molecule has 0 saturated heterocycles. The van der Waals surface area contributed by atoms with Gasteiger partial charge in [-0.15, -0.1) is 0 Å². The van der Waals surface area contributed by atoms with Gasteiger partial charge < -0.3 is 10.0 Å². The molecule has 0 unspecified atom stereocenters. The number of halogens is 1. The Morgan fingerprint density at radius 3 is 2.76 bits per heavy atom. The maximum absolute atomic E-state index is 13.5. The van der Waals surface area contributed by atoms with E-state index in [0.717, 1.165) is 29.5 Å². The summed E-state index contributed by atoms with van der Waals surface area (Å²) >= 11 is 0. The van der Waals surface area contributed by atoms with Crippen LogP contribution < -0.4 is 0 Å². The number of hydrogen-bond donors (Lipinski definition) is 1. The number of nitrogens with zero attached hydrogens (tertiary/aromatic N) is 1. The molecule has 0 spiro atoms. The molecule has 132 valence electrons. The second-order valence-electron chi connectivity index (χ2n) is 7.40. The Labute approximate surface area is 148 Å². The van der Waals surface area contributed by atoms with E-state index in [1.165, 1.54) is 12.1 Å². The predicted molar refractivity (Wildman–Crippen MR) is 95.9 cm³/mol. The maximum atomic E-state index is 13.5. The van der Waals surface area contributed by atoms with Crippen molar-refractivity contribution >= 4 is 5.91 Å². The van der Waals surface area contributed by atoms with Crippen molar-refractivity contribution < 1.29 is 14.3 Å². The van der Waals surface area contributed by atoms with Gasteiger partial charge in [0.2, 0.25) is 0 Å². The molecule has 1 N–H and O–H groups in total. The van der Waals surface area contributed by atoms with E-state index >= 15 is 0 Å². The quantitative estimate of drug-likeness (QED) is 0.920. The van der Waals surface area contributed by atoms with E-state index in [0.29, 0.717) is 25.1 Å². The average Bonchev–Trinajstić information content (AvgIpc) is 2.58. The molecule has 1 amide bonds. The molecule has 1 heterocycles. The van der Waals surface area contributed by atoms with Crippen LogP contribution in [0.5, 0.6) is 0 Å². The molecule has 0 bridgehead atoms. The van der Waals surface area contributed by atoms with Crippen LogP contribution in [0.4, 0.5) is 4.39 Å². The molecule has 2 aromatic rings. The van der Waals surface area contributed by atoms with E-state index in [4.69, 9.17) is 0 Å². The number of carbonyl (C=O) groups is 1. The third-order valence-electron chi connectivity index (χ3n) is 4.67. The van der Waals surface area contributed by atoms with Crippen LogP contribution in [0.15, 0.2) is 42.5 Å². The molecule has 4 heteroatoms. The largest absolute Gasteiger partial charge is 0.390 e. The van der Waals surface area contributed by atoms with Gasteiger partial charge in [0.1, 0.15) is 5.82 Å². The zero-order valence-corrected chi connectivity index (χ0v) is 14.8. The molecule has 0 aromatic heterocycles. The summed E-state index contributed by atoms with van der Waals surface area (Å²) in [5.41, 5.74) is 2.97. The number of amides is 1. The number of aliphatic hydroxyl groups is 1. The van der Waals surface area contributed by atoms with Gasteiger partial charge in [-0.05, 0) is 74.1 Å². The molecule has 3 rings (SSSR count). The molecule has 2 aromatic carbocycles. The first-order valence-corrected chi connectivity index (χ1v) is 8.70. The zero-order chi connectivity index (χ0) is 18.0. The minimum Gasteiger partial charge on any atom is -0.390 e. The molecular weight excluding hydrogens is 317 g/mol. The van der Waals surface area contributed by atoms with Crippen molar-refractivity contribution in [2.75, 3.05) is 6.54 Å². The van der Waals surface area contributed by atoms with Crippen molar-refractivity contribution in [2.45, 2.75) is 45.3 Å². The molecule has 25 heavy (non-hydrogen) atoms. The van der Waals surface area contributed by atoms with E-state index in [2.05, 4.69) is 0 Å². The van der Waals surface area contributed by atoms with Crippen molar-refractivity contribution in [3.8, 4) is 0 Å². The van der Waals surface area contributed by atoms with E-state index in [1.807, 2.05) is 30.3 Å². The first kappa shape index (κ1) is 17.6. The molecule has 0 fully saturated rings. The Kier molecular flexibility index (Phi) is 4.91. The van der Waals surface area contributed by atoms with Gasteiger partial charge >= 0.3 is 0 Å². The fourth-order valence-corrected chi connectivity index (χ4v) is 3.19. The van der Waals surface area contributed by atoms with Gasteiger partial charge in [-0.3, -0.25) is 4.79 Å². The zero-order valence-electron chi connectivity index (χ0n) is 14.8. The molecule has 1 aliphatic heterocycles. The van der Waals surface area contributed by atoms with Gasteiger partial charge in [0.25, 0.3) is 5.91 Å². The molecule has 1 aliphatic rings.